The Hall–Kier alpha value is -3.59. The van der Waals surface area contributed by atoms with E-state index in [1.807, 2.05) is 38.1 Å². The third-order valence-electron chi connectivity index (χ3n) is 4.88. The molecule has 172 valence electrons. The zero-order valence-electron chi connectivity index (χ0n) is 18.8. The number of methoxy groups -OCH3 is 1. The number of rotatable bonds is 10. The summed E-state index contributed by atoms with van der Waals surface area (Å²) >= 11 is 0. The first kappa shape index (κ1) is 24.7. The molecule has 0 saturated heterocycles. The number of amides is 3. The molecule has 0 aliphatic heterocycles. The Labute approximate surface area is 187 Å². The Kier molecular flexibility index (Phi) is 9.03. The molecule has 2 aromatic rings. The summed E-state index contributed by atoms with van der Waals surface area (Å²) in [4.78, 5) is 35.7. The van der Waals surface area contributed by atoms with Gasteiger partial charge in [-0.25, -0.2) is 9.80 Å². The minimum absolute atomic E-state index is 0.0718. The van der Waals surface area contributed by atoms with Crippen molar-refractivity contribution in [1.82, 2.24) is 10.4 Å². The second-order valence-corrected chi connectivity index (χ2v) is 7.37. The molecular formula is C23H30N4O5. The molecular weight excluding hydrogens is 412 g/mol. The Morgan fingerprint density at radius 1 is 1.09 bits per heavy atom. The van der Waals surface area contributed by atoms with Crippen molar-refractivity contribution in [2.75, 3.05) is 24.3 Å². The number of anilines is 2. The smallest absolute Gasteiger partial charge is 0.323 e. The van der Waals surface area contributed by atoms with Crippen molar-refractivity contribution in [3.8, 4) is 5.75 Å². The van der Waals surface area contributed by atoms with E-state index >= 15 is 0 Å². The van der Waals surface area contributed by atoms with Gasteiger partial charge >= 0.3 is 12.0 Å². The number of carbonyl (C=O) groups excluding carboxylic acids is 2. The van der Waals surface area contributed by atoms with Crippen LogP contribution < -0.4 is 20.8 Å². The molecule has 0 aliphatic carbocycles. The SMILES string of the molecule is CCN(NC(=O)Cc1ccc(NC(=O)Nc2ccccc2C)c(OC)c1)C(C)CC(=O)O. The highest BCUT2D eigenvalue weighted by atomic mass is 16.5. The number of hydrogen-bond acceptors (Lipinski definition) is 5. The van der Waals surface area contributed by atoms with E-state index in [1.54, 1.807) is 30.1 Å². The summed E-state index contributed by atoms with van der Waals surface area (Å²) in [5.74, 6) is -0.782. The van der Waals surface area contributed by atoms with Crippen molar-refractivity contribution in [2.45, 2.75) is 39.7 Å². The average Bonchev–Trinajstić information content (AvgIpc) is 2.74. The average molecular weight is 443 g/mol. The van der Waals surface area contributed by atoms with Crippen molar-refractivity contribution in [2.24, 2.45) is 0 Å². The standard InChI is InChI=1S/C23H30N4O5/c1-5-27(16(3)12-22(29)30)26-21(28)14-17-10-11-19(20(13-17)32-4)25-23(31)24-18-9-7-6-8-15(18)2/h6-11,13,16H,5,12,14H2,1-4H3,(H,26,28)(H,29,30)(H2,24,25,31). The second kappa shape index (κ2) is 11.7. The lowest BCUT2D eigenvalue weighted by atomic mass is 10.1. The molecule has 0 fully saturated rings. The maximum atomic E-state index is 12.4. The van der Waals surface area contributed by atoms with Crippen LogP contribution in [0.2, 0.25) is 0 Å². The van der Waals surface area contributed by atoms with Gasteiger partial charge in [0.2, 0.25) is 5.91 Å². The first-order valence-electron chi connectivity index (χ1n) is 10.3. The summed E-state index contributed by atoms with van der Waals surface area (Å²) < 4.78 is 5.38. The molecule has 0 saturated carbocycles. The van der Waals surface area contributed by atoms with Crippen LogP contribution in [-0.4, -0.2) is 47.7 Å². The van der Waals surface area contributed by atoms with Crippen LogP contribution in [0.3, 0.4) is 0 Å². The van der Waals surface area contributed by atoms with Crippen LogP contribution in [0.25, 0.3) is 0 Å². The van der Waals surface area contributed by atoms with Gasteiger partial charge in [0, 0.05) is 18.3 Å². The van der Waals surface area contributed by atoms with Crippen LogP contribution in [0.1, 0.15) is 31.4 Å². The maximum absolute atomic E-state index is 12.4. The number of carboxylic acids is 1. The van der Waals surface area contributed by atoms with Crippen molar-refractivity contribution in [3.05, 3.63) is 53.6 Å². The summed E-state index contributed by atoms with van der Waals surface area (Å²) in [7, 11) is 1.48. The van der Waals surface area contributed by atoms with E-state index in [-0.39, 0.29) is 24.8 Å². The number of urea groups is 1. The second-order valence-electron chi connectivity index (χ2n) is 7.37. The van der Waals surface area contributed by atoms with Crippen LogP contribution in [0, 0.1) is 6.92 Å². The number of ether oxygens (including phenoxy) is 1. The lowest BCUT2D eigenvalue weighted by molar-refractivity contribution is -0.139. The van der Waals surface area contributed by atoms with E-state index in [0.29, 0.717) is 29.2 Å². The third kappa shape index (κ3) is 7.28. The number of hydrazine groups is 1. The molecule has 0 heterocycles. The van der Waals surface area contributed by atoms with Crippen molar-refractivity contribution in [1.29, 1.82) is 0 Å². The van der Waals surface area contributed by atoms with Gasteiger partial charge in [0.15, 0.2) is 0 Å². The van der Waals surface area contributed by atoms with Gasteiger partial charge in [-0.1, -0.05) is 31.2 Å². The summed E-state index contributed by atoms with van der Waals surface area (Å²) in [6.07, 6.45) is -0.00474. The monoisotopic (exact) mass is 442 g/mol. The topological polar surface area (TPSA) is 120 Å². The van der Waals surface area contributed by atoms with Crippen molar-refractivity contribution >= 4 is 29.3 Å². The molecule has 32 heavy (non-hydrogen) atoms. The number of aryl methyl sites for hydroxylation is 1. The predicted molar refractivity (Wildman–Crippen MR) is 123 cm³/mol. The predicted octanol–water partition coefficient (Wildman–Crippen LogP) is 3.41. The van der Waals surface area contributed by atoms with Crippen LogP contribution in [0.5, 0.6) is 5.75 Å². The van der Waals surface area contributed by atoms with E-state index in [4.69, 9.17) is 9.84 Å². The van der Waals surface area contributed by atoms with Gasteiger partial charge < -0.3 is 20.5 Å². The van der Waals surface area contributed by atoms with Gasteiger partial charge in [-0.15, -0.1) is 0 Å². The number of carbonyl (C=O) groups is 3. The first-order chi connectivity index (χ1) is 15.2. The molecule has 0 spiro atoms. The van der Waals surface area contributed by atoms with Crippen LogP contribution in [0.4, 0.5) is 16.2 Å². The molecule has 3 amide bonds. The van der Waals surface area contributed by atoms with Crippen LogP contribution in [0.15, 0.2) is 42.5 Å². The van der Waals surface area contributed by atoms with E-state index < -0.39 is 12.0 Å². The quantitative estimate of drug-likeness (QED) is 0.419. The molecule has 2 rings (SSSR count). The number of carboxylic acid groups (broad SMARTS) is 1. The fourth-order valence-electron chi connectivity index (χ4n) is 3.19. The summed E-state index contributed by atoms with van der Waals surface area (Å²) in [5, 5.41) is 16.1. The van der Waals surface area contributed by atoms with E-state index in [2.05, 4.69) is 16.1 Å². The molecule has 9 heteroatoms. The largest absolute Gasteiger partial charge is 0.495 e. The minimum atomic E-state index is -0.926. The Balaban J connectivity index is 2.01. The molecule has 9 nitrogen and oxygen atoms in total. The molecule has 1 atom stereocenters. The molecule has 1 unspecified atom stereocenters. The first-order valence-corrected chi connectivity index (χ1v) is 10.3. The number of para-hydroxylation sites is 1. The number of hydrogen-bond donors (Lipinski definition) is 4. The minimum Gasteiger partial charge on any atom is -0.495 e. The third-order valence-corrected chi connectivity index (χ3v) is 4.88. The normalized spacial score (nSPS) is 11.5. The Morgan fingerprint density at radius 2 is 1.78 bits per heavy atom. The molecule has 0 radical (unpaired) electrons. The molecule has 0 aliphatic rings. The summed E-state index contributed by atoms with van der Waals surface area (Å²) in [6.45, 7) is 5.95. The summed E-state index contributed by atoms with van der Waals surface area (Å²) in [5.41, 5.74) is 5.54. The highest BCUT2D eigenvalue weighted by Crippen LogP contribution is 2.26. The van der Waals surface area contributed by atoms with Crippen molar-refractivity contribution < 1.29 is 24.2 Å². The zero-order valence-corrected chi connectivity index (χ0v) is 18.8. The fourth-order valence-corrected chi connectivity index (χ4v) is 3.19. The van der Waals surface area contributed by atoms with Crippen LogP contribution >= 0.6 is 0 Å². The van der Waals surface area contributed by atoms with Gasteiger partial charge in [-0.3, -0.25) is 15.0 Å². The Bertz CT molecular complexity index is 963. The number of aliphatic carboxylic acids is 1. The Morgan fingerprint density at radius 3 is 2.41 bits per heavy atom. The molecule has 0 bridgehead atoms. The lowest BCUT2D eigenvalue weighted by Gasteiger charge is -2.27. The number of benzene rings is 2. The van der Waals surface area contributed by atoms with E-state index in [9.17, 15) is 14.4 Å². The summed E-state index contributed by atoms with van der Waals surface area (Å²) in [6, 6.07) is 11.8. The van der Waals surface area contributed by atoms with E-state index in [0.717, 1.165) is 5.56 Å². The van der Waals surface area contributed by atoms with E-state index in [1.165, 1.54) is 7.11 Å². The maximum Gasteiger partial charge on any atom is 0.323 e. The van der Waals surface area contributed by atoms with Gasteiger partial charge in [-0.2, -0.15) is 0 Å². The lowest BCUT2D eigenvalue weighted by Crippen LogP contribution is -2.48. The number of nitrogens with zero attached hydrogens (tertiary/aromatic N) is 1. The fraction of sp³-hybridized carbons (Fsp3) is 0.348. The highest BCUT2D eigenvalue weighted by Gasteiger charge is 2.18. The molecule has 0 aromatic heterocycles. The zero-order chi connectivity index (χ0) is 23.7. The van der Waals surface area contributed by atoms with Gasteiger partial charge in [0.05, 0.1) is 25.6 Å². The highest BCUT2D eigenvalue weighted by molar-refractivity contribution is 6.01. The van der Waals surface area contributed by atoms with Gasteiger partial charge in [0.1, 0.15) is 5.75 Å². The number of nitrogens with one attached hydrogen (secondary N) is 3. The molecule has 4 N–H and O–H groups in total. The van der Waals surface area contributed by atoms with Gasteiger partial charge in [-0.05, 0) is 43.2 Å². The molecule has 2 aromatic carbocycles. The van der Waals surface area contributed by atoms with Gasteiger partial charge in [0.25, 0.3) is 0 Å². The van der Waals surface area contributed by atoms with Crippen molar-refractivity contribution in [3.63, 3.8) is 0 Å². The van der Waals surface area contributed by atoms with Crippen LogP contribution in [-0.2, 0) is 16.0 Å².